The van der Waals surface area contributed by atoms with Gasteiger partial charge in [-0.3, -0.25) is 4.79 Å². The van der Waals surface area contributed by atoms with E-state index in [1.54, 1.807) is 25.7 Å². The van der Waals surface area contributed by atoms with E-state index in [1.807, 2.05) is 35.0 Å². The Hall–Kier alpha value is -3.19. The molecule has 0 spiro atoms. The van der Waals surface area contributed by atoms with Crippen LogP contribution in [0.15, 0.2) is 61.2 Å². The third-order valence-corrected chi connectivity index (χ3v) is 6.12. The largest absolute Gasteiger partial charge is 0.496 e. The zero-order valence-electron chi connectivity index (χ0n) is 18.2. The molecule has 2 aromatic carbocycles. The third-order valence-electron chi connectivity index (χ3n) is 6.12. The summed E-state index contributed by atoms with van der Waals surface area (Å²) in [5.74, 6) is 0.382. The molecule has 0 saturated carbocycles. The Morgan fingerprint density at radius 2 is 2.00 bits per heavy atom. The molecule has 4 rings (SSSR count). The van der Waals surface area contributed by atoms with Gasteiger partial charge in [-0.1, -0.05) is 24.3 Å². The van der Waals surface area contributed by atoms with E-state index in [0.29, 0.717) is 56.9 Å². The average molecular weight is 438 g/mol. The van der Waals surface area contributed by atoms with Gasteiger partial charge in [-0.2, -0.15) is 0 Å². The number of aromatic nitrogens is 2. The first-order valence-electron chi connectivity index (χ1n) is 10.8. The number of methoxy groups -OCH3 is 1. The minimum Gasteiger partial charge on any atom is -0.496 e. The van der Waals surface area contributed by atoms with Crippen LogP contribution in [0.1, 0.15) is 18.4 Å². The molecule has 168 valence electrons. The maximum absolute atomic E-state index is 13.8. The molecule has 7 heteroatoms. The molecule has 1 fully saturated rings. The fraction of sp³-hybridized carbons (Fsp3) is 0.360. The number of ether oxygens (including phenoxy) is 2. The first-order chi connectivity index (χ1) is 15.6. The summed E-state index contributed by atoms with van der Waals surface area (Å²) in [6, 6.07) is 12.4. The maximum atomic E-state index is 13.8. The Morgan fingerprint density at radius 3 is 2.69 bits per heavy atom. The summed E-state index contributed by atoms with van der Waals surface area (Å²) in [5, 5.41) is 3.11. The van der Waals surface area contributed by atoms with E-state index in [0.717, 1.165) is 11.1 Å². The van der Waals surface area contributed by atoms with Gasteiger partial charge in [-0.05, 0) is 48.6 Å². The van der Waals surface area contributed by atoms with Gasteiger partial charge in [-0.25, -0.2) is 9.37 Å². The topological polar surface area (TPSA) is 65.4 Å². The molecule has 0 bridgehead atoms. The average Bonchev–Trinajstić information content (AvgIpc) is 3.34. The number of hydrogen-bond donors (Lipinski definition) is 1. The molecule has 32 heavy (non-hydrogen) atoms. The van der Waals surface area contributed by atoms with Crippen molar-refractivity contribution in [2.75, 3.05) is 26.9 Å². The van der Waals surface area contributed by atoms with Crippen LogP contribution in [0, 0.1) is 11.2 Å². The van der Waals surface area contributed by atoms with Gasteiger partial charge < -0.3 is 19.4 Å². The highest BCUT2D eigenvalue weighted by atomic mass is 19.1. The number of halogens is 1. The second kappa shape index (κ2) is 9.96. The second-order valence-corrected chi connectivity index (χ2v) is 8.17. The molecule has 0 radical (unpaired) electrons. The van der Waals surface area contributed by atoms with Crippen LogP contribution < -0.4 is 10.1 Å². The summed E-state index contributed by atoms with van der Waals surface area (Å²) >= 11 is 0. The van der Waals surface area contributed by atoms with Crippen molar-refractivity contribution in [1.29, 1.82) is 0 Å². The van der Waals surface area contributed by atoms with Crippen molar-refractivity contribution in [2.45, 2.75) is 25.8 Å². The van der Waals surface area contributed by atoms with Crippen molar-refractivity contribution in [3.8, 4) is 16.9 Å². The van der Waals surface area contributed by atoms with Crippen LogP contribution >= 0.6 is 0 Å². The highest BCUT2D eigenvalue weighted by Crippen LogP contribution is 2.36. The molecule has 1 saturated heterocycles. The van der Waals surface area contributed by atoms with Crippen molar-refractivity contribution in [3.05, 3.63) is 72.6 Å². The standard InChI is InChI=1S/C25H28FN3O3/c1-31-23-7-6-21(26)16-22(23)20-4-2-19(3-5-20)17-25(8-14-32-15-9-25)24(30)28-11-13-29-12-10-27-18-29/h2-7,10,12,16,18H,8-9,11,13-15,17H2,1H3,(H,28,30). The number of rotatable bonds is 8. The summed E-state index contributed by atoms with van der Waals surface area (Å²) in [7, 11) is 1.57. The lowest BCUT2D eigenvalue weighted by molar-refractivity contribution is -0.136. The molecule has 2 heterocycles. The van der Waals surface area contributed by atoms with Gasteiger partial charge in [-0.15, -0.1) is 0 Å². The molecule has 1 N–H and O–H groups in total. The van der Waals surface area contributed by atoms with E-state index in [-0.39, 0.29) is 11.7 Å². The van der Waals surface area contributed by atoms with Crippen LogP contribution in [0.3, 0.4) is 0 Å². The Kier molecular flexibility index (Phi) is 6.85. The van der Waals surface area contributed by atoms with E-state index in [4.69, 9.17) is 9.47 Å². The smallest absolute Gasteiger partial charge is 0.226 e. The van der Waals surface area contributed by atoms with Gasteiger partial charge in [0.1, 0.15) is 11.6 Å². The molecule has 0 atom stereocenters. The van der Waals surface area contributed by atoms with Crippen LogP contribution in [0.2, 0.25) is 0 Å². The molecule has 0 unspecified atom stereocenters. The normalized spacial score (nSPS) is 15.3. The Morgan fingerprint density at radius 1 is 1.22 bits per heavy atom. The van der Waals surface area contributed by atoms with Crippen molar-refractivity contribution in [2.24, 2.45) is 5.41 Å². The lowest BCUT2D eigenvalue weighted by Gasteiger charge is -2.36. The minimum absolute atomic E-state index is 0.0665. The summed E-state index contributed by atoms with van der Waals surface area (Å²) in [6.45, 7) is 2.39. The van der Waals surface area contributed by atoms with E-state index in [9.17, 15) is 9.18 Å². The van der Waals surface area contributed by atoms with Crippen LogP contribution in [0.5, 0.6) is 5.75 Å². The molecule has 1 amide bonds. The lowest BCUT2D eigenvalue weighted by atomic mass is 9.74. The van der Waals surface area contributed by atoms with Gasteiger partial charge in [0.15, 0.2) is 0 Å². The van der Waals surface area contributed by atoms with Gasteiger partial charge in [0.05, 0.1) is 18.9 Å². The van der Waals surface area contributed by atoms with E-state index in [1.165, 1.54) is 12.1 Å². The molecule has 6 nitrogen and oxygen atoms in total. The van der Waals surface area contributed by atoms with Gasteiger partial charge in [0.25, 0.3) is 0 Å². The number of amides is 1. The summed E-state index contributed by atoms with van der Waals surface area (Å²) < 4.78 is 26.6. The number of carbonyl (C=O) groups is 1. The zero-order chi connectivity index (χ0) is 22.4. The second-order valence-electron chi connectivity index (χ2n) is 8.17. The maximum Gasteiger partial charge on any atom is 0.226 e. The molecule has 1 aliphatic rings. The number of nitrogens with zero attached hydrogens (tertiary/aromatic N) is 2. The first kappa shape index (κ1) is 22.0. The number of nitrogens with one attached hydrogen (secondary N) is 1. The summed E-state index contributed by atoms with van der Waals surface area (Å²) in [4.78, 5) is 17.2. The third kappa shape index (κ3) is 4.99. The summed E-state index contributed by atoms with van der Waals surface area (Å²) in [5.41, 5.74) is 2.15. The number of carbonyl (C=O) groups excluding carboxylic acids is 1. The van der Waals surface area contributed by atoms with Gasteiger partial charge in [0.2, 0.25) is 5.91 Å². The minimum atomic E-state index is -0.495. The van der Waals surface area contributed by atoms with Gasteiger partial charge >= 0.3 is 0 Å². The zero-order valence-corrected chi connectivity index (χ0v) is 18.2. The molecule has 3 aromatic rings. The van der Waals surface area contributed by atoms with E-state index < -0.39 is 5.41 Å². The number of imidazole rings is 1. The predicted molar refractivity (Wildman–Crippen MR) is 120 cm³/mol. The van der Waals surface area contributed by atoms with Crippen molar-refractivity contribution in [3.63, 3.8) is 0 Å². The Labute approximate surface area is 187 Å². The highest BCUT2D eigenvalue weighted by molar-refractivity contribution is 5.83. The lowest BCUT2D eigenvalue weighted by Crippen LogP contribution is -2.46. The molecular formula is C25H28FN3O3. The fourth-order valence-electron chi connectivity index (χ4n) is 4.25. The van der Waals surface area contributed by atoms with Crippen molar-refractivity contribution >= 4 is 5.91 Å². The van der Waals surface area contributed by atoms with Crippen molar-refractivity contribution < 1.29 is 18.7 Å². The van der Waals surface area contributed by atoms with E-state index in [2.05, 4.69) is 10.3 Å². The van der Waals surface area contributed by atoms with Crippen LogP contribution in [0.25, 0.3) is 11.1 Å². The quantitative estimate of drug-likeness (QED) is 0.581. The van der Waals surface area contributed by atoms with Crippen LogP contribution in [0.4, 0.5) is 4.39 Å². The van der Waals surface area contributed by atoms with Gasteiger partial charge in [0, 0.05) is 44.3 Å². The SMILES string of the molecule is COc1ccc(F)cc1-c1ccc(CC2(C(=O)NCCn3ccnc3)CCOCC2)cc1. The van der Waals surface area contributed by atoms with Crippen molar-refractivity contribution in [1.82, 2.24) is 14.9 Å². The predicted octanol–water partition coefficient (Wildman–Crippen LogP) is 3.85. The fourth-order valence-corrected chi connectivity index (χ4v) is 4.25. The highest BCUT2D eigenvalue weighted by Gasteiger charge is 2.39. The number of hydrogen-bond acceptors (Lipinski definition) is 4. The Bertz CT molecular complexity index is 1030. The monoisotopic (exact) mass is 437 g/mol. The molecular weight excluding hydrogens is 409 g/mol. The Balaban J connectivity index is 1.48. The molecule has 1 aromatic heterocycles. The van der Waals surface area contributed by atoms with E-state index >= 15 is 0 Å². The molecule has 1 aliphatic heterocycles. The van der Waals surface area contributed by atoms with Crippen LogP contribution in [-0.2, 0) is 22.5 Å². The van der Waals surface area contributed by atoms with Crippen LogP contribution in [-0.4, -0.2) is 42.3 Å². The first-order valence-corrected chi connectivity index (χ1v) is 10.8. The molecule has 0 aliphatic carbocycles. The summed E-state index contributed by atoms with van der Waals surface area (Å²) in [6.07, 6.45) is 7.35. The number of benzene rings is 2.